The van der Waals surface area contributed by atoms with Gasteiger partial charge in [0.05, 0.1) is 35.8 Å². The average Bonchev–Trinajstić information content (AvgIpc) is 3.21. The van der Waals surface area contributed by atoms with Crippen molar-refractivity contribution in [2.24, 2.45) is 0 Å². The van der Waals surface area contributed by atoms with Crippen LogP contribution in [0, 0.1) is 13.8 Å². The van der Waals surface area contributed by atoms with Crippen LogP contribution in [0.15, 0.2) is 58.7 Å². The minimum atomic E-state index is -4.22. The van der Waals surface area contributed by atoms with E-state index in [0.717, 1.165) is 21.7 Å². The molecule has 0 amide bonds. The van der Waals surface area contributed by atoms with Gasteiger partial charge in [-0.1, -0.05) is 0 Å². The molecule has 4 aromatic rings. The van der Waals surface area contributed by atoms with Crippen LogP contribution < -0.4 is 9.47 Å². The van der Waals surface area contributed by atoms with Gasteiger partial charge in [-0.3, -0.25) is 10.1 Å². The molecule has 9 nitrogen and oxygen atoms in total. The fourth-order valence-electron chi connectivity index (χ4n) is 3.64. The van der Waals surface area contributed by atoms with Crippen molar-refractivity contribution in [3.8, 4) is 17.2 Å². The van der Waals surface area contributed by atoms with Crippen molar-refractivity contribution in [2.45, 2.75) is 29.7 Å². The van der Waals surface area contributed by atoms with Gasteiger partial charge in [-0.2, -0.15) is 8.96 Å². The first-order valence-electron chi connectivity index (χ1n) is 10.1. The van der Waals surface area contributed by atoms with Crippen molar-refractivity contribution in [3.63, 3.8) is 0 Å². The second-order valence-corrected chi connectivity index (χ2v) is 10.7. The molecule has 11 heteroatoms. The largest absolute Gasteiger partial charge is 0.609 e. The Morgan fingerprint density at radius 2 is 1.76 bits per heavy atom. The van der Waals surface area contributed by atoms with E-state index in [4.69, 9.17) is 9.47 Å². The molecule has 0 unspecified atom stereocenters. The smallest absolute Gasteiger partial charge is 0.338 e. The van der Waals surface area contributed by atoms with Crippen molar-refractivity contribution in [1.29, 1.82) is 0 Å². The van der Waals surface area contributed by atoms with Gasteiger partial charge in [-0.15, -0.1) is 0 Å². The number of aromatic nitrogens is 3. The van der Waals surface area contributed by atoms with Crippen LogP contribution in [0.25, 0.3) is 11.0 Å². The summed E-state index contributed by atoms with van der Waals surface area (Å²) in [6.07, 6.45) is 1.62. The third-order valence-electron chi connectivity index (χ3n) is 5.37. The second-order valence-electron chi connectivity index (χ2n) is 7.53. The van der Waals surface area contributed by atoms with Crippen molar-refractivity contribution in [2.75, 3.05) is 14.2 Å². The summed E-state index contributed by atoms with van der Waals surface area (Å²) in [7, 11) is -1.19. The number of hydrogen-bond donors (Lipinski definition) is 0. The molecule has 1 radical (unpaired) electrons. The van der Waals surface area contributed by atoms with E-state index < -0.39 is 21.2 Å². The highest BCUT2D eigenvalue weighted by molar-refractivity contribution is 7.93. The summed E-state index contributed by atoms with van der Waals surface area (Å²) in [6.45, 7) is 3.66. The molecule has 4 rings (SSSR count). The van der Waals surface area contributed by atoms with Crippen molar-refractivity contribution >= 4 is 32.2 Å². The van der Waals surface area contributed by atoms with E-state index in [1.165, 1.54) is 19.2 Å². The van der Waals surface area contributed by atoms with E-state index in [-0.39, 0.29) is 27.1 Å². The van der Waals surface area contributed by atoms with Crippen LogP contribution in [-0.2, 0) is 32.1 Å². The predicted molar refractivity (Wildman–Crippen MR) is 126 cm³/mol. The zero-order chi connectivity index (χ0) is 24.6. The van der Waals surface area contributed by atoms with Crippen LogP contribution in [0.2, 0.25) is 0 Å². The number of imidazole rings is 1. The van der Waals surface area contributed by atoms with Crippen molar-refractivity contribution in [3.05, 3.63) is 65.5 Å². The number of pyridine rings is 1. The zero-order valence-electron chi connectivity index (χ0n) is 18.9. The number of ether oxygens (including phenoxy) is 2. The second kappa shape index (κ2) is 9.16. The summed E-state index contributed by atoms with van der Waals surface area (Å²) >= 11 is -1.89. The lowest BCUT2D eigenvalue weighted by Gasteiger charge is -2.15. The molecule has 0 aliphatic carbocycles. The molecule has 0 saturated heterocycles. The van der Waals surface area contributed by atoms with E-state index in [1.807, 2.05) is 6.92 Å². The van der Waals surface area contributed by atoms with E-state index in [2.05, 4.69) is 9.97 Å². The van der Waals surface area contributed by atoms with E-state index in [0.29, 0.717) is 28.3 Å². The molecule has 0 N–H and O–H groups in total. The number of rotatable bonds is 7. The first-order chi connectivity index (χ1) is 16.2. The zero-order valence-corrected chi connectivity index (χ0v) is 20.6. The highest BCUT2D eigenvalue weighted by atomic mass is 32.2. The highest BCUT2D eigenvalue weighted by Gasteiger charge is 2.32. The van der Waals surface area contributed by atoms with Gasteiger partial charge in [-0.25, -0.2) is 8.42 Å². The number of hydrogen-bond acceptors (Lipinski definition) is 7. The van der Waals surface area contributed by atoms with Gasteiger partial charge in [0.1, 0.15) is 11.5 Å². The van der Waals surface area contributed by atoms with Gasteiger partial charge in [0.25, 0.3) is 10.0 Å². The van der Waals surface area contributed by atoms with E-state index in [9.17, 15) is 18.1 Å². The Bertz CT molecular complexity index is 1470. The van der Waals surface area contributed by atoms with E-state index in [1.54, 1.807) is 38.4 Å². The van der Waals surface area contributed by atoms with Crippen LogP contribution in [0.4, 0.5) is 0 Å². The molecule has 2 aromatic carbocycles. The first-order valence-corrected chi connectivity index (χ1v) is 12.9. The molecule has 177 valence electrons. The average molecular weight is 501 g/mol. The summed E-state index contributed by atoms with van der Waals surface area (Å²) in [5.74, 6) is 0.713. The maximum atomic E-state index is 13.6. The normalized spacial score (nSPS) is 12.6. The number of fused-ring (bicyclic) bond motifs is 1. The Hall–Kier alpha value is -3.28. The minimum Gasteiger partial charge on any atom is -0.609 e. The number of benzene rings is 2. The summed E-state index contributed by atoms with van der Waals surface area (Å²) in [5, 5.41) is 11.4. The maximum Gasteiger partial charge on any atom is 0.338 e. The number of nitrogens with zero attached hydrogens (tertiary/aromatic N) is 3. The summed E-state index contributed by atoms with van der Waals surface area (Å²) in [6, 6.07) is 9.47. The topological polar surface area (TPSA) is 126 Å². The Kier molecular flexibility index (Phi) is 6.43. The SMILES string of the molecule is COc1ccc2c(c1)nc([S@@+]([O-])Cc1ncc(C)c(OC)c1C)n2S(=O)(=O)c1ccc([O])cc1. The van der Waals surface area contributed by atoms with Crippen LogP contribution in [0.3, 0.4) is 0 Å². The third-order valence-corrected chi connectivity index (χ3v) is 8.42. The quantitative estimate of drug-likeness (QED) is 0.354. The number of methoxy groups -OCH3 is 2. The highest BCUT2D eigenvalue weighted by Crippen LogP contribution is 2.31. The minimum absolute atomic E-state index is 0.0715. The van der Waals surface area contributed by atoms with Gasteiger partial charge in [0.2, 0.25) is 0 Å². The van der Waals surface area contributed by atoms with E-state index >= 15 is 0 Å². The number of aryl methyl sites for hydroxylation is 1. The lowest BCUT2D eigenvalue weighted by Crippen LogP contribution is -2.20. The molecule has 1 atom stereocenters. The summed E-state index contributed by atoms with van der Waals surface area (Å²) in [4.78, 5) is 8.66. The summed E-state index contributed by atoms with van der Waals surface area (Å²) < 4.78 is 52.3. The molecule has 0 aliphatic rings. The van der Waals surface area contributed by atoms with Gasteiger partial charge in [0.15, 0.2) is 11.5 Å². The van der Waals surface area contributed by atoms with Crippen molar-refractivity contribution in [1.82, 2.24) is 13.9 Å². The Morgan fingerprint density at radius 1 is 1.06 bits per heavy atom. The first kappa shape index (κ1) is 23.9. The van der Waals surface area contributed by atoms with Gasteiger partial charge in [-0.05, 0) is 50.2 Å². The standard InChI is InChI=1S/C23H22N3O6S2/c1-14-12-24-20(15(2)22(14)32-4)13-33(28)23-25-19-11-17(31-3)7-10-21(19)26(23)34(29,30)18-8-5-16(27)6-9-18/h5-12H,13H2,1-4H3/t33-/m0/s1. The molecule has 0 spiro atoms. The van der Waals surface area contributed by atoms with Crippen LogP contribution in [-0.4, -0.2) is 41.1 Å². The molecule has 0 aliphatic heterocycles. The Morgan fingerprint density at radius 3 is 2.41 bits per heavy atom. The summed E-state index contributed by atoms with van der Waals surface area (Å²) in [5.41, 5.74) is 2.59. The van der Waals surface area contributed by atoms with Gasteiger partial charge in [0, 0.05) is 34.6 Å². The molecule has 0 saturated carbocycles. The maximum absolute atomic E-state index is 13.6. The van der Waals surface area contributed by atoms with Crippen LogP contribution in [0.5, 0.6) is 17.2 Å². The monoisotopic (exact) mass is 500 g/mol. The predicted octanol–water partition coefficient (Wildman–Crippen LogP) is 3.75. The van der Waals surface area contributed by atoms with Crippen LogP contribution in [0.1, 0.15) is 16.8 Å². The lowest BCUT2D eigenvalue weighted by molar-refractivity contribution is 0.354. The molecule has 0 fully saturated rings. The Labute approximate surface area is 200 Å². The molecule has 34 heavy (non-hydrogen) atoms. The molecular formula is C23H22N3O6S2. The molecule has 2 aromatic heterocycles. The third kappa shape index (κ3) is 4.17. The van der Waals surface area contributed by atoms with Gasteiger partial charge < -0.3 is 14.0 Å². The molecular weight excluding hydrogens is 478 g/mol. The van der Waals surface area contributed by atoms with Crippen molar-refractivity contribution < 1.29 is 27.6 Å². The van der Waals surface area contributed by atoms with Crippen LogP contribution >= 0.6 is 0 Å². The lowest BCUT2D eigenvalue weighted by atomic mass is 10.1. The Balaban J connectivity index is 1.88. The molecule has 2 heterocycles. The molecule has 0 bridgehead atoms. The fourth-order valence-corrected chi connectivity index (χ4v) is 6.69. The van der Waals surface area contributed by atoms with Gasteiger partial charge >= 0.3 is 5.16 Å². The fraction of sp³-hybridized carbons (Fsp3) is 0.217.